The number of nitrogens with zero attached hydrogens (tertiary/aromatic N) is 2. The zero-order valence-electron chi connectivity index (χ0n) is 19.8. The third kappa shape index (κ3) is 6.03. The van der Waals surface area contributed by atoms with Gasteiger partial charge in [0.05, 0.1) is 18.5 Å². The number of carbonyl (C=O) groups excluding carboxylic acids is 1. The highest BCUT2D eigenvalue weighted by Gasteiger charge is 2.16. The SMILES string of the molecule is COc1ccc(-c2nc(N)sc2CCC(=O)NN=C(C)c2ccc(C3CCCCC3)cc2)cc1. The highest BCUT2D eigenvalue weighted by atomic mass is 32.1. The van der Waals surface area contributed by atoms with Crippen LogP contribution in [0.1, 0.15) is 67.4 Å². The number of amides is 1. The molecule has 1 amide bonds. The number of nitrogens with two attached hydrogens (primary N) is 1. The molecule has 1 aliphatic carbocycles. The third-order valence-corrected chi connectivity index (χ3v) is 7.35. The average Bonchev–Trinajstić information content (AvgIpc) is 3.27. The molecule has 0 atom stereocenters. The number of anilines is 1. The minimum atomic E-state index is -0.133. The Kier molecular flexibility index (Phi) is 7.95. The van der Waals surface area contributed by atoms with Gasteiger partial charge in [0, 0.05) is 16.9 Å². The van der Waals surface area contributed by atoms with Crippen LogP contribution in [0.5, 0.6) is 5.75 Å². The van der Waals surface area contributed by atoms with Crippen molar-refractivity contribution < 1.29 is 9.53 Å². The number of rotatable bonds is 8. The molecule has 7 heteroatoms. The van der Waals surface area contributed by atoms with Gasteiger partial charge in [-0.25, -0.2) is 10.4 Å². The molecule has 1 heterocycles. The summed E-state index contributed by atoms with van der Waals surface area (Å²) >= 11 is 1.41. The highest BCUT2D eigenvalue weighted by Crippen LogP contribution is 2.33. The molecule has 6 nitrogen and oxygen atoms in total. The van der Waals surface area contributed by atoms with Crippen molar-refractivity contribution in [2.24, 2.45) is 5.10 Å². The normalized spacial score (nSPS) is 14.7. The molecule has 3 N–H and O–H groups in total. The monoisotopic (exact) mass is 476 g/mol. The maximum atomic E-state index is 12.5. The van der Waals surface area contributed by atoms with E-state index in [1.807, 2.05) is 31.2 Å². The summed E-state index contributed by atoms with van der Waals surface area (Å²) in [5, 5.41) is 4.81. The quantitative estimate of drug-likeness (QED) is 0.312. The Morgan fingerprint density at radius 2 is 1.82 bits per heavy atom. The molecular formula is C27H32N4O2S. The van der Waals surface area contributed by atoms with Crippen LogP contribution in [0.4, 0.5) is 5.13 Å². The largest absolute Gasteiger partial charge is 0.497 e. The molecule has 1 saturated carbocycles. The highest BCUT2D eigenvalue weighted by molar-refractivity contribution is 7.15. The second-order valence-electron chi connectivity index (χ2n) is 8.74. The van der Waals surface area contributed by atoms with Crippen LogP contribution in [-0.2, 0) is 11.2 Å². The van der Waals surface area contributed by atoms with Gasteiger partial charge in [0.2, 0.25) is 5.91 Å². The fourth-order valence-corrected chi connectivity index (χ4v) is 5.29. The first-order valence-electron chi connectivity index (χ1n) is 11.9. The van der Waals surface area contributed by atoms with Gasteiger partial charge in [-0.05, 0) is 67.5 Å². The first-order chi connectivity index (χ1) is 16.5. The van der Waals surface area contributed by atoms with Crippen LogP contribution in [0.2, 0.25) is 0 Å². The van der Waals surface area contributed by atoms with Gasteiger partial charge in [0.25, 0.3) is 0 Å². The van der Waals surface area contributed by atoms with Gasteiger partial charge in [0.15, 0.2) is 5.13 Å². The van der Waals surface area contributed by atoms with Gasteiger partial charge in [-0.15, -0.1) is 11.3 Å². The van der Waals surface area contributed by atoms with Gasteiger partial charge in [-0.3, -0.25) is 4.79 Å². The number of aryl methyl sites for hydroxylation is 1. The maximum absolute atomic E-state index is 12.5. The molecule has 0 saturated heterocycles. The lowest BCUT2D eigenvalue weighted by molar-refractivity contribution is -0.121. The Labute approximate surface area is 205 Å². The first kappa shape index (κ1) is 24.0. The van der Waals surface area contributed by atoms with Crippen molar-refractivity contribution in [1.29, 1.82) is 0 Å². The fourth-order valence-electron chi connectivity index (χ4n) is 4.44. The molecule has 0 radical (unpaired) electrons. The fraction of sp³-hybridized carbons (Fsp3) is 0.370. The second-order valence-corrected chi connectivity index (χ2v) is 9.86. The van der Waals surface area contributed by atoms with Crippen LogP contribution in [0.25, 0.3) is 11.3 Å². The molecule has 0 unspecified atom stereocenters. The summed E-state index contributed by atoms with van der Waals surface area (Å²) in [5.41, 5.74) is 13.7. The summed E-state index contributed by atoms with van der Waals surface area (Å²) in [4.78, 5) is 17.9. The first-order valence-corrected chi connectivity index (χ1v) is 12.7. The van der Waals surface area contributed by atoms with Crippen molar-refractivity contribution in [3.05, 3.63) is 64.5 Å². The standard InChI is InChI=1S/C27H32N4O2S/c1-18(19-8-10-21(11-9-19)20-6-4-3-5-7-20)30-31-25(32)17-16-24-26(29-27(28)34-24)22-12-14-23(33-2)15-13-22/h8-15,20H,3-7,16-17H2,1-2H3,(H2,28,29)(H,31,32). The molecule has 1 aliphatic rings. The maximum Gasteiger partial charge on any atom is 0.240 e. The number of hydrazone groups is 1. The number of methoxy groups -OCH3 is 1. The van der Waals surface area contributed by atoms with Crippen LogP contribution < -0.4 is 15.9 Å². The molecule has 0 bridgehead atoms. The van der Waals surface area contributed by atoms with E-state index in [1.54, 1.807) is 7.11 Å². The van der Waals surface area contributed by atoms with Gasteiger partial charge < -0.3 is 10.5 Å². The number of thiazole rings is 1. The Morgan fingerprint density at radius 3 is 2.50 bits per heavy atom. The summed E-state index contributed by atoms with van der Waals surface area (Å²) in [7, 11) is 1.64. The topological polar surface area (TPSA) is 89.6 Å². The molecule has 1 fully saturated rings. The third-order valence-electron chi connectivity index (χ3n) is 6.41. The molecule has 1 aromatic heterocycles. The number of ether oxygens (including phenoxy) is 1. The number of aromatic nitrogens is 1. The minimum absolute atomic E-state index is 0.133. The smallest absolute Gasteiger partial charge is 0.240 e. The average molecular weight is 477 g/mol. The molecule has 3 aromatic rings. The number of nitrogens with one attached hydrogen (secondary N) is 1. The minimum Gasteiger partial charge on any atom is -0.497 e. The number of nitrogen functional groups attached to an aromatic ring is 1. The number of benzene rings is 2. The van der Waals surface area contributed by atoms with E-state index in [4.69, 9.17) is 10.5 Å². The summed E-state index contributed by atoms with van der Waals surface area (Å²) in [6, 6.07) is 16.3. The second kappa shape index (κ2) is 11.3. The lowest BCUT2D eigenvalue weighted by atomic mass is 9.84. The lowest BCUT2D eigenvalue weighted by Gasteiger charge is -2.22. The summed E-state index contributed by atoms with van der Waals surface area (Å²) < 4.78 is 5.22. The van der Waals surface area contributed by atoms with Crippen molar-refractivity contribution in [2.75, 3.05) is 12.8 Å². The Hall–Kier alpha value is -3.19. The van der Waals surface area contributed by atoms with E-state index in [2.05, 4.69) is 39.8 Å². The van der Waals surface area contributed by atoms with Crippen molar-refractivity contribution in [3.63, 3.8) is 0 Å². The van der Waals surface area contributed by atoms with E-state index < -0.39 is 0 Å². The van der Waals surface area contributed by atoms with E-state index in [0.717, 1.165) is 33.2 Å². The van der Waals surface area contributed by atoms with Crippen LogP contribution in [-0.4, -0.2) is 23.7 Å². The zero-order valence-corrected chi connectivity index (χ0v) is 20.7. The van der Waals surface area contributed by atoms with E-state index in [1.165, 1.54) is 49.0 Å². The van der Waals surface area contributed by atoms with Crippen molar-refractivity contribution in [3.8, 4) is 17.0 Å². The van der Waals surface area contributed by atoms with Crippen LogP contribution in [0.15, 0.2) is 53.6 Å². The molecule has 0 aliphatic heterocycles. The molecule has 2 aromatic carbocycles. The summed E-state index contributed by atoms with van der Waals surface area (Å²) in [5.74, 6) is 1.33. The Balaban J connectivity index is 1.33. The number of carbonyl (C=O) groups is 1. The zero-order chi connectivity index (χ0) is 23.9. The van der Waals surface area contributed by atoms with Crippen LogP contribution in [0.3, 0.4) is 0 Å². The predicted molar refractivity (Wildman–Crippen MR) is 139 cm³/mol. The van der Waals surface area contributed by atoms with E-state index in [9.17, 15) is 4.79 Å². The van der Waals surface area contributed by atoms with Gasteiger partial charge >= 0.3 is 0 Å². The van der Waals surface area contributed by atoms with Gasteiger partial charge in [0.1, 0.15) is 5.75 Å². The van der Waals surface area contributed by atoms with E-state index in [0.29, 0.717) is 23.9 Å². The van der Waals surface area contributed by atoms with Crippen molar-refractivity contribution in [2.45, 2.75) is 57.8 Å². The molecular weight excluding hydrogens is 444 g/mol. The van der Waals surface area contributed by atoms with Crippen LogP contribution >= 0.6 is 11.3 Å². The van der Waals surface area contributed by atoms with Crippen LogP contribution in [0, 0.1) is 0 Å². The van der Waals surface area contributed by atoms with Gasteiger partial charge in [-0.1, -0.05) is 43.5 Å². The predicted octanol–water partition coefficient (Wildman–Crippen LogP) is 5.92. The molecule has 178 valence electrons. The Bertz CT molecular complexity index is 1130. The lowest BCUT2D eigenvalue weighted by Crippen LogP contribution is -2.19. The van der Waals surface area contributed by atoms with Crippen molar-refractivity contribution in [1.82, 2.24) is 10.4 Å². The number of hydrogen-bond donors (Lipinski definition) is 2. The van der Waals surface area contributed by atoms with E-state index in [-0.39, 0.29) is 5.91 Å². The van der Waals surface area contributed by atoms with E-state index >= 15 is 0 Å². The molecule has 4 rings (SSSR count). The summed E-state index contributed by atoms with van der Waals surface area (Å²) in [6.07, 6.45) is 7.44. The summed E-state index contributed by atoms with van der Waals surface area (Å²) in [6.45, 7) is 1.92. The molecule has 34 heavy (non-hydrogen) atoms. The number of hydrogen-bond acceptors (Lipinski definition) is 6. The Morgan fingerprint density at radius 1 is 1.12 bits per heavy atom. The van der Waals surface area contributed by atoms with Crippen molar-refractivity contribution >= 4 is 28.1 Å². The van der Waals surface area contributed by atoms with Gasteiger partial charge in [-0.2, -0.15) is 5.10 Å². The molecule has 0 spiro atoms.